The van der Waals surface area contributed by atoms with E-state index in [1.54, 1.807) is 12.1 Å². The first kappa shape index (κ1) is 8.10. The van der Waals surface area contributed by atoms with Gasteiger partial charge in [-0.2, -0.15) is 0 Å². The molecule has 1 amide bonds. The molecule has 1 aromatic heterocycles. The molecule has 2 heterocycles. The van der Waals surface area contributed by atoms with Crippen LogP contribution in [-0.2, 0) is 0 Å². The number of aromatic nitrogens is 1. The van der Waals surface area contributed by atoms with Crippen molar-refractivity contribution in [1.29, 1.82) is 0 Å². The predicted molar refractivity (Wildman–Crippen MR) is 49.6 cm³/mol. The summed E-state index contributed by atoms with van der Waals surface area (Å²) in [7, 11) is 5.51. The summed E-state index contributed by atoms with van der Waals surface area (Å²) in [5.74, 6) is 0.366. The van der Waals surface area contributed by atoms with Crippen LogP contribution in [-0.4, -0.2) is 24.8 Å². The standard InChI is InChI=1S/C8H8BN3O/c1-4-2-3-5-6(10-4)11-8(9)12-7(5)13/h2-3,8H,1H3,(H,10,11)(H,12,13). The first-order valence-corrected chi connectivity index (χ1v) is 3.97. The summed E-state index contributed by atoms with van der Waals surface area (Å²) in [6, 6.07) is 2.97. The maximum Gasteiger partial charge on any atom is 0.255 e. The molecule has 2 rings (SSSR count). The van der Waals surface area contributed by atoms with Crippen LogP contribution in [0.5, 0.6) is 0 Å². The number of anilines is 1. The first-order chi connectivity index (χ1) is 6.16. The molecule has 2 radical (unpaired) electrons. The summed E-state index contributed by atoms with van der Waals surface area (Å²) < 4.78 is 0. The van der Waals surface area contributed by atoms with E-state index in [2.05, 4.69) is 15.6 Å². The molecule has 5 heteroatoms. The van der Waals surface area contributed by atoms with Crippen LogP contribution in [0.4, 0.5) is 5.82 Å². The van der Waals surface area contributed by atoms with Gasteiger partial charge in [-0.1, -0.05) is 0 Å². The van der Waals surface area contributed by atoms with Crippen molar-refractivity contribution in [2.45, 2.75) is 13.0 Å². The smallest absolute Gasteiger partial charge is 0.255 e. The summed E-state index contributed by atoms with van der Waals surface area (Å²) in [6.07, 6.45) is 0. The highest BCUT2D eigenvalue weighted by molar-refractivity contribution is 6.17. The van der Waals surface area contributed by atoms with Gasteiger partial charge in [0.05, 0.1) is 11.6 Å². The van der Waals surface area contributed by atoms with Crippen molar-refractivity contribution in [2.24, 2.45) is 0 Å². The molecule has 0 fully saturated rings. The molecule has 0 aromatic carbocycles. The van der Waals surface area contributed by atoms with Crippen LogP contribution in [0, 0.1) is 6.92 Å². The molecule has 0 aliphatic carbocycles. The minimum atomic E-state index is -0.547. The molecule has 2 N–H and O–H groups in total. The van der Waals surface area contributed by atoms with E-state index in [1.165, 1.54) is 0 Å². The fraction of sp³-hybridized carbons (Fsp3) is 0.250. The van der Waals surface area contributed by atoms with Crippen molar-refractivity contribution in [3.05, 3.63) is 23.4 Å². The highest BCUT2D eigenvalue weighted by Crippen LogP contribution is 2.16. The van der Waals surface area contributed by atoms with E-state index in [0.717, 1.165) is 5.69 Å². The zero-order valence-corrected chi connectivity index (χ0v) is 7.16. The van der Waals surface area contributed by atoms with Gasteiger partial charge < -0.3 is 10.6 Å². The highest BCUT2D eigenvalue weighted by Gasteiger charge is 2.20. The molecule has 0 saturated heterocycles. The lowest BCUT2D eigenvalue weighted by molar-refractivity contribution is 0.0947. The number of nitrogens with one attached hydrogen (secondary N) is 2. The van der Waals surface area contributed by atoms with Crippen LogP contribution in [0.25, 0.3) is 0 Å². The molecule has 4 nitrogen and oxygen atoms in total. The summed E-state index contributed by atoms with van der Waals surface area (Å²) in [5, 5.41) is 5.41. The van der Waals surface area contributed by atoms with Crippen LogP contribution < -0.4 is 10.6 Å². The van der Waals surface area contributed by atoms with E-state index in [9.17, 15) is 4.79 Å². The second-order valence-corrected chi connectivity index (χ2v) is 2.94. The van der Waals surface area contributed by atoms with Crippen molar-refractivity contribution < 1.29 is 4.79 Å². The second kappa shape index (κ2) is 2.76. The van der Waals surface area contributed by atoms with Gasteiger partial charge in [0, 0.05) is 5.69 Å². The zero-order chi connectivity index (χ0) is 9.42. The minimum Gasteiger partial charge on any atom is -0.358 e. The Labute approximate surface area is 77.2 Å². The van der Waals surface area contributed by atoms with Crippen LogP contribution in [0.2, 0.25) is 0 Å². The van der Waals surface area contributed by atoms with E-state index in [0.29, 0.717) is 11.4 Å². The number of nitrogens with zero attached hydrogens (tertiary/aromatic N) is 1. The molecule has 13 heavy (non-hydrogen) atoms. The summed E-state index contributed by atoms with van der Waals surface area (Å²) in [5.41, 5.74) is 1.39. The Morgan fingerprint density at radius 2 is 2.23 bits per heavy atom. The Morgan fingerprint density at radius 3 is 3.00 bits per heavy atom. The lowest BCUT2D eigenvalue weighted by atomic mass is 10.0. The molecule has 1 aromatic rings. The van der Waals surface area contributed by atoms with Gasteiger partial charge in [0.15, 0.2) is 0 Å². The predicted octanol–water partition coefficient (Wildman–Crippen LogP) is -0.00258. The topological polar surface area (TPSA) is 54.0 Å². The fourth-order valence-corrected chi connectivity index (χ4v) is 1.25. The lowest BCUT2D eigenvalue weighted by Gasteiger charge is -2.24. The SMILES string of the molecule is [B]C1NC(=O)c2ccc(C)nc2N1. The molecule has 0 bridgehead atoms. The Hall–Kier alpha value is -1.52. The third-order valence-corrected chi connectivity index (χ3v) is 1.86. The second-order valence-electron chi connectivity index (χ2n) is 2.94. The molecule has 1 aliphatic rings. The van der Waals surface area contributed by atoms with Crippen LogP contribution in [0.3, 0.4) is 0 Å². The monoisotopic (exact) mass is 173 g/mol. The van der Waals surface area contributed by atoms with Crippen LogP contribution >= 0.6 is 0 Å². The van der Waals surface area contributed by atoms with Crippen molar-refractivity contribution in [1.82, 2.24) is 10.3 Å². The molecule has 0 spiro atoms. The molecule has 1 unspecified atom stereocenters. The van der Waals surface area contributed by atoms with Gasteiger partial charge >= 0.3 is 0 Å². The molecular weight excluding hydrogens is 165 g/mol. The first-order valence-electron chi connectivity index (χ1n) is 3.97. The van der Waals surface area contributed by atoms with E-state index in [-0.39, 0.29) is 5.91 Å². The largest absolute Gasteiger partial charge is 0.358 e. The molecule has 64 valence electrons. The Kier molecular flexibility index (Phi) is 1.72. The number of pyridine rings is 1. The number of carbonyl (C=O) groups excluding carboxylic acids is 1. The molecule has 1 atom stereocenters. The maximum absolute atomic E-state index is 11.3. The van der Waals surface area contributed by atoms with Gasteiger partial charge in [-0.15, -0.1) is 0 Å². The highest BCUT2D eigenvalue weighted by atomic mass is 16.2. The molecular formula is C8H8BN3O. The quantitative estimate of drug-likeness (QED) is 0.542. The van der Waals surface area contributed by atoms with Crippen molar-refractivity contribution in [3.63, 3.8) is 0 Å². The summed E-state index contributed by atoms with van der Waals surface area (Å²) in [4.78, 5) is 15.5. The van der Waals surface area contributed by atoms with Crippen LogP contribution in [0.1, 0.15) is 16.1 Å². The van der Waals surface area contributed by atoms with Gasteiger partial charge in [-0.3, -0.25) is 4.79 Å². The van der Waals surface area contributed by atoms with Gasteiger partial charge in [0.25, 0.3) is 5.91 Å². The average molecular weight is 173 g/mol. The number of aryl methyl sites for hydroxylation is 1. The molecule has 1 aliphatic heterocycles. The number of hydrogen-bond acceptors (Lipinski definition) is 3. The number of carbonyl (C=O) groups is 1. The summed E-state index contributed by atoms with van der Waals surface area (Å²) in [6.45, 7) is 1.86. The van der Waals surface area contributed by atoms with E-state index >= 15 is 0 Å². The third kappa shape index (κ3) is 1.37. The minimum absolute atomic E-state index is 0.186. The van der Waals surface area contributed by atoms with E-state index in [1.807, 2.05) is 6.92 Å². The zero-order valence-electron chi connectivity index (χ0n) is 7.16. The third-order valence-electron chi connectivity index (χ3n) is 1.86. The number of hydrogen-bond donors (Lipinski definition) is 2. The lowest BCUT2D eigenvalue weighted by Crippen LogP contribution is -2.45. The van der Waals surface area contributed by atoms with Crippen molar-refractivity contribution in [2.75, 3.05) is 5.32 Å². The number of amides is 1. The number of rotatable bonds is 0. The maximum atomic E-state index is 11.3. The van der Waals surface area contributed by atoms with E-state index < -0.39 is 6.07 Å². The van der Waals surface area contributed by atoms with Crippen LogP contribution in [0.15, 0.2) is 12.1 Å². The summed E-state index contributed by atoms with van der Waals surface area (Å²) >= 11 is 0. The van der Waals surface area contributed by atoms with Gasteiger partial charge in [-0.25, -0.2) is 4.98 Å². The normalized spacial score (nSPS) is 20.1. The van der Waals surface area contributed by atoms with Crippen molar-refractivity contribution >= 4 is 19.6 Å². The fourth-order valence-electron chi connectivity index (χ4n) is 1.25. The average Bonchev–Trinajstić information content (AvgIpc) is 2.02. The number of fused-ring (bicyclic) bond motifs is 1. The van der Waals surface area contributed by atoms with E-state index in [4.69, 9.17) is 7.85 Å². The van der Waals surface area contributed by atoms with Gasteiger partial charge in [0.2, 0.25) is 0 Å². The Balaban J connectivity index is 2.49. The van der Waals surface area contributed by atoms with Gasteiger partial charge in [0.1, 0.15) is 13.7 Å². The van der Waals surface area contributed by atoms with Crippen molar-refractivity contribution in [3.8, 4) is 0 Å². The van der Waals surface area contributed by atoms with Gasteiger partial charge in [-0.05, 0) is 19.1 Å². The Bertz CT molecular complexity index is 366. The Morgan fingerprint density at radius 1 is 1.46 bits per heavy atom. The molecule has 0 saturated carbocycles.